The Balaban J connectivity index is 1.82. The molecule has 2 heterocycles. The van der Waals surface area contributed by atoms with Crippen LogP contribution in [0.3, 0.4) is 0 Å². The normalized spacial score (nSPS) is 22.6. The Hall–Kier alpha value is -2.64. The summed E-state index contributed by atoms with van der Waals surface area (Å²) in [5.41, 5.74) is 3.34. The first-order valence-electron chi connectivity index (χ1n) is 10.7. The molecule has 2 fully saturated rings. The Morgan fingerprint density at radius 3 is 2.50 bits per heavy atom. The van der Waals surface area contributed by atoms with Crippen LogP contribution in [0.4, 0.5) is 5.69 Å². The maximum Gasteiger partial charge on any atom is 0.295 e. The fraction of sp³-hybridized carbons (Fsp3) is 0.360. The summed E-state index contributed by atoms with van der Waals surface area (Å²) in [6.07, 6.45) is 1.68. The van der Waals surface area contributed by atoms with E-state index in [1.807, 2.05) is 56.3 Å². The second-order valence-corrected chi connectivity index (χ2v) is 9.39. The van der Waals surface area contributed by atoms with Gasteiger partial charge >= 0.3 is 0 Å². The standard InChI is InChI=1S/C25H27BrN2O4/c1-15-13-17(8-11-20(15)26)23(29)21-22(16-6-9-18(10-7-16)27(2)3)28(25(31)24(21)30)14-19-5-4-12-32-19/h6-11,13,19,22,29H,4-5,12,14H2,1-3H3/b23-21-. The van der Waals surface area contributed by atoms with E-state index in [0.717, 1.165) is 34.1 Å². The summed E-state index contributed by atoms with van der Waals surface area (Å²) >= 11 is 3.46. The Kier molecular flexibility index (Phi) is 6.40. The molecular weight excluding hydrogens is 472 g/mol. The van der Waals surface area contributed by atoms with Crippen molar-refractivity contribution >= 4 is 39.1 Å². The summed E-state index contributed by atoms with van der Waals surface area (Å²) < 4.78 is 6.65. The number of benzene rings is 2. The first-order valence-corrected chi connectivity index (χ1v) is 11.5. The van der Waals surface area contributed by atoms with Crippen LogP contribution in [0, 0.1) is 6.92 Å². The van der Waals surface area contributed by atoms with Crippen LogP contribution in [0.2, 0.25) is 0 Å². The number of carbonyl (C=O) groups excluding carboxylic acids is 2. The van der Waals surface area contributed by atoms with Crippen LogP contribution >= 0.6 is 15.9 Å². The number of ketones is 1. The Morgan fingerprint density at radius 1 is 1.19 bits per heavy atom. The monoisotopic (exact) mass is 498 g/mol. The van der Waals surface area contributed by atoms with Crippen molar-refractivity contribution in [3.63, 3.8) is 0 Å². The number of hydrogen-bond acceptors (Lipinski definition) is 5. The van der Waals surface area contributed by atoms with Gasteiger partial charge in [0, 0.05) is 43.0 Å². The molecule has 2 saturated heterocycles. The van der Waals surface area contributed by atoms with E-state index >= 15 is 0 Å². The highest BCUT2D eigenvalue weighted by Gasteiger charge is 2.47. The molecule has 2 aliphatic heterocycles. The van der Waals surface area contributed by atoms with Crippen molar-refractivity contribution in [1.29, 1.82) is 0 Å². The van der Waals surface area contributed by atoms with Crippen LogP contribution in [-0.2, 0) is 14.3 Å². The minimum atomic E-state index is -0.667. The van der Waals surface area contributed by atoms with E-state index in [9.17, 15) is 14.7 Å². The molecule has 1 amide bonds. The number of amides is 1. The van der Waals surface area contributed by atoms with Crippen LogP contribution in [0.5, 0.6) is 0 Å². The number of hydrogen-bond donors (Lipinski definition) is 1. The van der Waals surface area contributed by atoms with Crippen molar-refractivity contribution in [3.05, 3.63) is 69.2 Å². The number of halogens is 1. The van der Waals surface area contributed by atoms with Crippen molar-refractivity contribution in [1.82, 2.24) is 4.90 Å². The van der Waals surface area contributed by atoms with Crippen LogP contribution in [0.25, 0.3) is 5.76 Å². The molecule has 2 aromatic rings. The van der Waals surface area contributed by atoms with Crippen molar-refractivity contribution < 1.29 is 19.4 Å². The van der Waals surface area contributed by atoms with Gasteiger partial charge in [0.1, 0.15) is 5.76 Å². The lowest BCUT2D eigenvalue weighted by atomic mass is 9.94. The lowest BCUT2D eigenvalue weighted by Gasteiger charge is -2.28. The Bertz CT molecular complexity index is 1070. The fourth-order valence-electron chi connectivity index (χ4n) is 4.32. The van der Waals surface area contributed by atoms with E-state index in [2.05, 4.69) is 15.9 Å². The zero-order chi connectivity index (χ0) is 23.0. The number of ether oxygens (including phenoxy) is 1. The second kappa shape index (κ2) is 9.08. The van der Waals surface area contributed by atoms with Gasteiger partial charge in [-0.2, -0.15) is 0 Å². The van der Waals surface area contributed by atoms with E-state index in [-0.39, 0.29) is 17.4 Å². The SMILES string of the molecule is Cc1cc(/C(O)=C2/C(=O)C(=O)N(CC3CCCO3)C2c2ccc(N(C)C)cc2)ccc1Br. The summed E-state index contributed by atoms with van der Waals surface area (Å²) in [6.45, 7) is 2.89. The minimum absolute atomic E-state index is 0.105. The van der Waals surface area contributed by atoms with E-state index in [0.29, 0.717) is 18.7 Å². The predicted octanol–water partition coefficient (Wildman–Crippen LogP) is 4.42. The maximum absolute atomic E-state index is 13.1. The quantitative estimate of drug-likeness (QED) is 0.375. The third-order valence-electron chi connectivity index (χ3n) is 6.12. The van der Waals surface area contributed by atoms with E-state index < -0.39 is 17.7 Å². The molecule has 168 valence electrons. The fourth-order valence-corrected chi connectivity index (χ4v) is 4.57. The molecule has 2 aromatic carbocycles. The first-order chi connectivity index (χ1) is 15.3. The highest BCUT2D eigenvalue weighted by atomic mass is 79.9. The summed E-state index contributed by atoms with van der Waals surface area (Å²) in [7, 11) is 3.91. The molecule has 0 radical (unpaired) electrons. The minimum Gasteiger partial charge on any atom is -0.507 e. The van der Waals surface area contributed by atoms with Gasteiger partial charge in [-0.3, -0.25) is 9.59 Å². The van der Waals surface area contributed by atoms with Gasteiger partial charge in [0.15, 0.2) is 0 Å². The van der Waals surface area contributed by atoms with E-state index in [1.54, 1.807) is 17.0 Å². The Labute approximate surface area is 196 Å². The van der Waals surface area contributed by atoms with Gasteiger partial charge in [0.2, 0.25) is 0 Å². The molecule has 4 rings (SSSR count). The zero-order valence-corrected chi connectivity index (χ0v) is 20.1. The number of carbonyl (C=O) groups is 2. The molecule has 2 unspecified atom stereocenters. The zero-order valence-electron chi connectivity index (χ0n) is 18.5. The molecule has 2 aliphatic rings. The highest BCUT2D eigenvalue weighted by molar-refractivity contribution is 9.10. The van der Waals surface area contributed by atoms with Crippen LogP contribution < -0.4 is 4.90 Å². The molecule has 7 heteroatoms. The van der Waals surface area contributed by atoms with Gasteiger partial charge < -0.3 is 19.6 Å². The third-order valence-corrected chi connectivity index (χ3v) is 7.01. The van der Waals surface area contributed by atoms with E-state index in [4.69, 9.17) is 4.74 Å². The highest BCUT2D eigenvalue weighted by Crippen LogP contribution is 2.40. The topological polar surface area (TPSA) is 70.1 Å². The van der Waals surface area contributed by atoms with Gasteiger partial charge in [-0.05, 0) is 55.2 Å². The summed E-state index contributed by atoms with van der Waals surface area (Å²) in [6, 6.07) is 12.4. The van der Waals surface area contributed by atoms with Crippen LogP contribution in [0.1, 0.15) is 35.6 Å². The number of nitrogens with zero attached hydrogens (tertiary/aromatic N) is 2. The lowest BCUT2D eigenvalue weighted by molar-refractivity contribution is -0.140. The molecule has 0 saturated carbocycles. The molecule has 0 aliphatic carbocycles. The largest absolute Gasteiger partial charge is 0.507 e. The lowest BCUT2D eigenvalue weighted by Crippen LogP contribution is -2.36. The third kappa shape index (κ3) is 4.19. The molecule has 32 heavy (non-hydrogen) atoms. The van der Waals surface area contributed by atoms with Crippen molar-refractivity contribution in [2.75, 3.05) is 32.1 Å². The van der Waals surface area contributed by atoms with Crippen molar-refractivity contribution in [3.8, 4) is 0 Å². The van der Waals surface area contributed by atoms with Crippen LogP contribution in [-0.4, -0.2) is 55.0 Å². The average molecular weight is 499 g/mol. The molecule has 0 aromatic heterocycles. The summed E-state index contributed by atoms with van der Waals surface area (Å²) in [5.74, 6) is -1.42. The van der Waals surface area contributed by atoms with Crippen LogP contribution in [0.15, 0.2) is 52.5 Å². The van der Waals surface area contributed by atoms with Crippen molar-refractivity contribution in [2.45, 2.75) is 31.9 Å². The molecule has 1 N–H and O–H groups in total. The summed E-state index contributed by atoms with van der Waals surface area (Å²) in [4.78, 5) is 29.8. The number of aryl methyl sites for hydroxylation is 1. The average Bonchev–Trinajstić information content (AvgIpc) is 3.37. The van der Waals surface area contributed by atoms with E-state index in [1.165, 1.54) is 0 Å². The Morgan fingerprint density at radius 2 is 1.91 bits per heavy atom. The molecule has 2 atom stereocenters. The molecule has 0 bridgehead atoms. The first kappa shape index (κ1) is 22.6. The number of aliphatic hydroxyl groups excluding tert-OH is 1. The number of rotatable bonds is 5. The molecular formula is C25H27BrN2O4. The number of Topliss-reactive ketones (excluding diaryl/α,β-unsaturated/α-hetero) is 1. The van der Waals surface area contributed by atoms with Gasteiger partial charge in [0.25, 0.3) is 11.7 Å². The van der Waals surface area contributed by atoms with Gasteiger partial charge in [-0.1, -0.05) is 34.1 Å². The second-order valence-electron chi connectivity index (χ2n) is 8.54. The van der Waals surface area contributed by atoms with Gasteiger partial charge in [-0.25, -0.2) is 0 Å². The summed E-state index contributed by atoms with van der Waals surface area (Å²) in [5, 5.41) is 11.2. The number of anilines is 1. The maximum atomic E-state index is 13.1. The predicted molar refractivity (Wildman–Crippen MR) is 128 cm³/mol. The molecule has 6 nitrogen and oxygen atoms in total. The van der Waals surface area contributed by atoms with Crippen molar-refractivity contribution in [2.24, 2.45) is 0 Å². The van der Waals surface area contributed by atoms with Gasteiger partial charge in [-0.15, -0.1) is 0 Å². The number of likely N-dealkylation sites (tertiary alicyclic amines) is 1. The van der Waals surface area contributed by atoms with Gasteiger partial charge in [0.05, 0.1) is 17.7 Å². The molecule has 0 spiro atoms. The smallest absolute Gasteiger partial charge is 0.295 e. The number of aliphatic hydroxyl groups is 1.